The molecule has 0 saturated carbocycles. The third-order valence-electron chi connectivity index (χ3n) is 3.23. The Morgan fingerprint density at radius 3 is 2.64 bits per heavy atom. The van der Waals surface area contributed by atoms with Crippen molar-refractivity contribution in [2.24, 2.45) is 0 Å². The number of hydrogen-bond acceptors (Lipinski definition) is 4. The highest BCUT2D eigenvalue weighted by molar-refractivity contribution is 5.95. The molecule has 110 valence electrons. The smallest absolute Gasteiger partial charge is 0.336 e. The summed E-state index contributed by atoms with van der Waals surface area (Å²) < 4.78 is 5.74. The number of benzene rings is 1. The molecule has 2 aromatic heterocycles. The topological polar surface area (TPSA) is 75.4 Å². The quantitative estimate of drug-likeness (QED) is 0.751. The van der Waals surface area contributed by atoms with Crippen LogP contribution in [0.4, 0.5) is 5.69 Å². The number of furan rings is 1. The molecule has 1 aromatic carbocycles. The Morgan fingerprint density at radius 2 is 1.86 bits per heavy atom. The molecule has 0 unspecified atom stereocenters. The van der Waals surface area contributed by atoms with Gasteiger partial charge >= 0.3 is 5.97 Å². The first-order chi connectivity index (χ1) is 10.7. The fourth-order valence-corrected chi connectivity index (χ4v) is 2.16. The second-order valence-corrected chi connectivity index (χ2v) is 4.71. The second-order valence-electron chi connectivity index (χ2n) is 4.71. The maximum atomic E-state index is 11.3. The van der Waals surface area contributed by atoms with E-state index in [0.717, 1.165) is 11.4 Å². The van der Waals surface area contributed by atoms with E-state index in [4.69, 9.17) is 4.42 Å². The minimum absolute atomic E-state index is 0.227. The van der Waals surface area contributed by atoms with E-state index >= 15 is 0 Å². The number of carbonyl (C=O) groups is 1. The van der Waals surface area contributed by atoms with E-state index < -0.39 is 5.97 Å². The molecule has 0 spiro atoms. The van der Waals surface area contributed by atoms with Gasteiger partial charge in [0, 0.05) is 23.6 Å². The van der Waals surface area contributed by atoms with Gasteiger partial charge in [0.15, 0.2) is 0 Å². The Morgan fingerprint density at radius 1 is 1.09 bits per heavy atom. The SMILES string of the molecule is O=C(O)c1ccccc1-c1ccc(CNc2ccncc2)o1. The fraction of sp³-hybridized carbons (Fsp3) is 0.0588. The Hall–Kier alpha value is -3.08. The maximum Gasteiger partial charge on any atom is 0.336 e. The van der Waals surface area contributed by atoms with Crippen molar-refractivity contribution in [3.8, 4) is 11.3 Å². The summed E-state index contributed by atoms with van der Waals surface area (Å²) in [6.07, 6.45) is 3.41. The molecule has 0 atom stereocenters. The van der Waals surface area contributed by atoms with Crippen LogP contribution in [0.25, 0.3) is 11.3 Å². The Labute approximate surface area is 127 Å². The minimum atomic E-state index is -0.969. The van der Waals surface area contributed by atoms with E-state index in [1.54, 1.807) is 42.7 Å². The molecule has 5 nitrogen and oxygen atoms in total. The molecule has 2 N–H and O–H groups in total. The third kappa shape index (κ3) is 2.98. The lowest BCUT2D eigenvalue weighted by Crippen LogP contribution is -1.99. The van der Waals surface area contributed by atoms with Gasteiger partial charge in [-0.25, -0.2) is 4.79 Å². The Kier molecular flexibility index (Phi) is 3.87. The first-order valence-electron chi connectivity index (χ1n) is 6.79. The number of anilines is 1. The van der Waals surface area contributed by atoms with Crippen LogP contribution in [0, 0.1) is 0 Å². The summed E-state index contributed by atoms with van der Waals surface area (Å²) in [5.74, 6) is 0.306. The standard InChI is InChI=1S/C17H14N2O3/c20-17(21)15-4-2-1-3-14(15)16-6-5-13(22-16)11-19-12-7-9-18-10-8-12/h1-10H,11H2,(H,18,19)(H,20,21). The van der Waals surface area contributed by atoms with Crippen LogP contribution < -0.4 is 5.32 Å². The lowest BCUT2D eigenvalue weighted by molar-refractivity contribution is 0.0697. The van der Waals surface area contributed by atoms with Crippen LogP contribution in [0.5, 0.6) is 0 Å². The van der Waals surface area contributed by atoms with Crippen molar-refractivity contribution in [1.82, 2.24) is 4.98 Å². The van der Waals surface area contributed by atoms with Gasteiger partial charge in [-0.1, -0.05) is 18.2 Å². The van der Waals surface area contributed by atoms with Gasteiger partial charge in [-0.15, -0.1) is 0 Å². The maximum absolute atomic E-state index is 11.3. The second kappa shape index (κ2) is 6.13. The highest BCUT2D eigenvalue weighted by Gasteiger charge is 2.13. The van der Waals surface area contributed by atoms with Gasteiger partial charge in [-0.05, 0) is 30.3 Å². The summed E-state index contributed by atoms with van der Waals surface area (Å²) in [6.45, 7) is 0.513. The number of aromatic nitrogens is 1. The zero-order chi connectivity index (χ0) is 15.4. The normalized spacial score (nSPS) is 10.4. The molecule has 0 radical (unpaired) electrons. The average Bonchev–Trinajstić information content (AvgIpc) is 3.03. The molecule has 0 saturated heterocycles. The molecule has 22 heavy (non-hydrogen) atoms. The van der Waals surface area contributed by atoms with E-state index in [-0.39, 0.29) is 5.56 Å². The van der Waals surface area contributed by atoms with E-state index in [1.165, 1.54) is 0 Å². The summed E-state index contributed by atoms with van der Waals surface area (Å²) in [4.78, 5) is 15.2. The van der Waals surface area contributed by atoms with Gasteiger partial charge in [0.05, 0.1) is 12.1 Å². The molecular formula is C17H14N2O3. The van der Waals surface area contributed by atoms with Gasteiger partial charge < -0.3 is 14.8 Å². The number of aromatic carboxylic acids is 1. The molecule has 5 heteroatoms. The third-order valence-corrected chi connectivity index (χ3v) is 3.23. The largest absolute Gasteiger partial charge is 0.478 e. The van der Waals surface area contributed by atoms with Crippen molar-refractivity contribution in [3.05, 3.63) is 72.2 Å². The monoisotopic (exact) mass is 294 g/mol. The van der Waals surface area contributed by atoms with E-state index in [9.17, 15) is 9.90 Å². The van der Waals surface area contributed by atoms with Gasteiger partial charge in [0.2, 0.25) is 0 Å². The summed E-state index contributed by atoms with van der Waals surface area (Å²) in [6, 6.07) is 14.1. The molecule has 0 aliphatic rings. The predicted octanol–water partition coefficient (Wildman–Crippen LogP) is 3.65. The zero-order valence-electron chi connectivity index (χ0n) is 11.7. The lowest BCUT2D eigenvalue weighted by atomic mass is 10.1. The number of rotatable bonds is 5. The van der Waals surface area contributed by atoms with Crippen molar-refractivity contribution < 1.29 is 14.3 Å². The number of carboxylic acid groups (broad SMARTS) is 1. The number of carboxylic acids is 1. The molecule has 0 aliphatic carbocycles. The predicted molar refractivity (Wildman–Crippen MR) is 82.7 cm³/mol. The average molecular weight is 294 g/mol. The van der Waals surface area contributed by atoms with Gasteiger partial charge in [-0.2, -0.15) is 0 Å². The zero-order valence-corrected chi connectivity index (χ0v) is 11.7. The van der Waals surface area contributed by atoms with Crippen molar-refractivity contribution >= 4 is 11.7 Å². The Bertz CT molecular complexity index is 781. The molecule has 0 aliphatic heterocycles. The molecular weight excluding hydrogens is 280 g/mol. The van der Waals surface area contributed by atoms with Crippen molar-refractivity contribution in [2.75, 3.05) is 5.32 Å². The number of nitrogens with zero attached hydrogens (tertiary/aromatic N) is 1. The molecule has 0 fully saturated rings. The van der Waals surface area contributed by atoms with Crippen LogP contribution in [0.3, 0.4) is 0 Å². The summed E-state index contributed by atoms with van der Waals surface area (Å²) in [5.41, 5.74) is 1.74. The van der Waals surface area contributed by atoms with Crippen molar-refractivity contribution in [2.45, 2.75) is 6.54 Å². The highest BCUT2D eigenvalue weighted by Crippen LogP contribution is 2.26. The van der Waals surface area contributed by atoms with Crippen molar-refractivity contribution in [1.29, 1.82) is 0 Å². The van der Waals surface area contributed by atoms with Crippen molar-refractivity contribution in [3.63, 3.8) is 0 Å². The van der Waals surface area contributed by atoms with E-state index in [2.05, 4.69) is 10.3 Å². The van der Waals surface area contributed by atoms with Gasteiger partial charge in [-0.3, -0.25) is 4.98 Å². The first kappa shape index (κ1) is 13.9. The molecule has 0 bridgehead atoms. The van der Waals surface area contributed by atoms with Gasteiger partial charge in [0.1, 0.15) is 11.5 Å². The number of pyridine rings is 1. The van der Waals surface area contributed by atoms with Crippen LogP contribution in [-0.2, 0) is 6.54 Å². The van der Waals surface area contributed by atoms with Crippen LogP contribution in [0.1, 0.15) is 16.1 Å². The summed E-state index contributed by atoms with van der Waals surface area (Å²) >= 11 is 0. The van der Waals surface area contributed by atoms with E-state index in [0.29, 0.717) is 17.9 Å². The molecule has 3 aromatic rings. The Balaban J connectivity index is 1.78. The summed E-state index contributed by atoms with van der Waals surface area (Å²) in [7, 11) is 0. The molecule has 3 rings (SSSR count). The number of nitrogens with one attached hydrogen (secondary N) is 1. The fourth-order valence-electron chi connectivity index (χ4n) is 2.16. The molecule has 0 amide bonds. The van der Waals surface area contributed by atoms with Gasteiger partial charge in [0.25, 0.3) is 0 Å². The van der Waals surface area contributed by atoms with Crippen LogP contribution >= 0.6 is 0 Å². The summed E-state index contributed by atoms with van der Waals surface area (Å²) in [5, 5.41) is 12.4. The van der Waals surface area contributed by atoms with Crippen LogP contribution in [0.2, 0.25) is 0 Å². The highest BCUT2D eigenvalue weighted by atomic mass is 16.4. The molecule has 2 heterocycles. The lowest BCUT2D eigenvalue weighted by Gasteiger charge is -2.04. The van der Waals surface area contributed by atoms with Crippen LogP contribution in [-0.4, -0.2) is 16.1 Å². The minimum Gasteiger partial charge on any atom is -0.478 e. The first-order valence-corrected chi connectivity index (χ1v) is 6.79. The van der Waals surface area contributed by atoms with Crippen LogP contribution in [0.15, 0.2) is 65.3 Å². The number of hydrogen-bond donors (Lipinski definition) is 2. The van der Waals surface area contributed by atoms with E-state index in [1.807, 2.05) is 18.2 Å².